The van der Waals surface area contributed by atoms with Crippen LogP contribution < -0.4 is 16.6 Å². The second kappa shape index (κ2) is 6.57. The van der Waals surface area contributed by atoms with E-state index in [0.29, 0.717) is 36.2 Å². The van der Waals surface area contributed by atoms with Gasteiger partial charge in [-0.3, -0.25) is 0 Å². The smallest absolute Gasteiger partial charge is 0.154 e. The zero-order valence-corrected chi connectivity index (χ0v) is 13.3. The summed E-state index contributed by atoms with van der Waals surface area (Å²) < 4.78 is 23.7. The predicted octanol–water partition coefficient (Wildman–Crippen LogP) is 1.01. The zero-order chi connectivity index (χ0) is 15.5. The summed E-state index contributed by atoms with van der Waals surface area (Å²) in [5.74, 6) is 7.70. The third-order valence-corrected chi connectivity index (χ3v) is 6.04. The van der Waals surface area contributed by atoms with Crippen molar-refractivity contribution >= 4 is 21.5 Å². The van der Waals surface area contributed by atoms with E-state index in [9.17, 15) is 8.42 Å². The van der Waals surface area contributed by atoms with Gasteiger partial charge < -0.3 is 10.7 Å². The van der Waals surface area contributed by atoms with Crippen LogP contribution in [0.25, 0.3) is 0 Å². The molecular weight excluding hydrogens is 290 g/mol. The molecule has 1 aromatic rings. The van der Waals surface area contributed by atoms with Gasteiger partial charge in [-0.2, -0.15) is 0 Å². The molecule has 0 bridgehead atoms. The summed E-state index contributed by atoms with van der Waals surface area (Å²) in [6.07, 6.45) is 3.15. The molecule has 1 aliphatic heterocycles. The highest BCUT2D eigenvalue weighted by Gasteiger charge is 2.31. The lowest BCUT2D eigenvalue weighted by Gasteiger charge is -2.15. The lowest BCUT2D eigenvalue weighted by Crippen LogP contribution is -2.26. The van der Waals surface area contributed by atoms with Crippen molar-refractivity contribution < 1.29 is 8.42 Å². The van der Waals surface area contributed by atoms with Gasteiger partial charge in [0.15, 0.2) is 9.84 Å². The minimum atomic E-state index is -2.95. The molecule has 0 aliphatic carbocycles. The van der Waals surface area contributed by atoms with Crippen molar-refractivity contribution in [2.45, 2.75) is 44.8 Å². The standard InChI is InChI=1S/C13H23N5O2S/c1-3-5-11-16-12(9(2)13(17-11)18-14)15-8-10-6-4-7-21(10,19)20/h10H,3-8,14H2,1-2H3,(H2,15,16,17,18). The fraction of sp³-hybridized carbons (Fsp3) is 0.692. The summed E-state index contributed by atoms with van der Waals surface area (Å²) in [6.45, 7) is 4.29. The molecule has 0 aromatic carbocycles. The number of aryl methyl sites for hydroxylation is 1. The van der Waals surface area contributed by atoms with Crippen molar-refractivity contribution in [3.05, 3.63) is 11.4 Å². The number of nitrogens with one attached hydrogen (secondary N) is 2. The number of rotatable bonds is 6. The normalized spacial score (nSPS) is 20.4. The third kappa shape index (κ3) is 3.62. The van der Waals surface area contributed by atoms with E-state index in [0.717, 1.165) is 24.8 Å². The average molecular weight is 313 g/mol. The Morgan fingerprint density at radius 3 is 2.62 bits per heavy atom. The number of anilines is 2. The van der Waals surface area contributed by atoms with Crippen molar-refractivity contribution in [2.24, 2.45) is 5.84 Å². The van der Waals surface area contributed by atoms with Crippen LogP contribution in [-0.2, 0) is 16.3 Å². The van der Waals surface area contributed by atoms with Crippen LogP contribution in [-0.4, -0.2) is 35.9 Å². The zero-order valence-electron chi connectivity index (χ0n) is 12.5. The molecule has 1 atom stereocenters. The number of sulfone groups is 1. The molecule has 0 saturated carbocycles. The van der Waals surface area contributed by atoms with Gasteiger partial charge in [-0.05, 0) is 26.2 Å². The molecule has 1 aromatic heterocycles. The molecule has 2 rings (SSSR count). The molecule has 8 heteroatoms. The summed E-state index contributed by atoms with van der Waals surface area (Å²) in [5.41, 5.74) is 3.37. The number of nitrogens with zero attached hydrogens (tertiary/aromatic N) is 2. The number of nitrogens with two attached hydrogens (primary N) is 1. The van der Waals surface area contributed by atoms with Gasteiger partial charge in [0.2, 0.25) is 0 Å². The third-order valence-electron chi connectivity index (χ3n) is 3.76. The maximum atomic E-state index is 11.9. The summed E-state index contributed by atoms with van der Waals surface area (Å²) in [7, 11) is -2.95. The fourth-order valence-electron chi connectivity index (χ4n) is 2.51. The molecule has 4 N–H and O–H groups in total. The highest BCUT2D eigenvalue weighted by atomic mass is 32.2. The lowest BCUT2D eigenvalue weighted by molar-refractivity contribution is 0.591. The van der Waals surface area contributed by atoms with Crippen LogP contribution >= 0.6 is 0 Å². The Labute approximate surface area is 125 Å². The second-order valence-corrected chi connectivity index (χ2v) is 7.77. The summed E-state index contributed by atoms with van der Waals surface area (Å²) in [4.78, 5) is 8.81. The second-order valence-electron chi connectivity index (χ2n) is 5.37. The van der Waals surface area contributed by atoms with E-state index in [-0.39, 0.29) is 5.25 Å². The Bertz CT molecular complexity index is 603. The number of hydrazine groups is 1. The van der Waals surface area contributed by atoms with Gasteiger partial charge in [0.05, 0.1) is 11.0 Å². The maximum absolute atomic E-state index is 11.9. The average Bonchev–Trinajstić information content (AvgIpc) is 2.78. The van der Waals surface area contributed by atoms with Gasteiger partial charge in [0.1, 0.15) is 17.5 Å². The highest BCUT2D eigenvalue weighted by molar-refractivity contribution is 7.92. The van der Waals surface area contributed by atoms with Crippen molar-refractivity contribution in [3.63, 3.8) is 0 Å². The highest BCUT2D eigenvalue weighted by Crippen LogP contribution is 2.23. The van der Waals surface area contributed by atoms with Gasteiger partial charge in [-0.25, -0.2) is 24.2 Å². The van der Waals surface area contributed by atoms with E-state index < -0.39 is 9.84 Å². The molecule has 118 valence electrons. The molecule has 0 spiro atoms. The van der Waals surface area contributed by atoms with Gasteiger partial charge in [-0.1, -0.05) is 6.92 Å². The summed E-state index contributed by atoms with van der Waals surface area (Å²) in [5, 5.41) is 2.83. The Balaban J connectivity index is 2.17. The van der Waals surface area contributed by atoms with E-state index in [2.05, 4.69) is 27.6 Å². The van der Waals surface area contributed by atoms with Crippen molar-refractivity contribution in [1.82, 2.24) is 9.97 Å². The minimum absolute atomic E-state index is 0.290. The van der Waals surface area contributed by atoms with Crippen molar-refractivity contribution in [1.29, 1.82) is 0 Å². The fourth-order valence-corrected chi connectivity index (χ4v) is 4.27. The largest absolute Gasteiger partial charge is 0.368 e. The van der Waals surface area contributed by atoms with Crippen LogP contribution in [0.1, 0.15) is 37.6 Å². The molecule has 1 aliphatic rings. The molecular formula is C13H23N5O2S. The topological polar surface area (TPSA) is 110 Å². The maximum Gasteiger partial charge on any atom is 0.154 e. The Kier molecular flexibility index (Phi) is 5.00. The molecule has 2 heterocycles. The quantitative estimate of drug-likeness (QED) is 0.531. The van der Waals surface area contributed by atoms with Crippen LogP contribution in [0.3, 0.4) is 0 Å². The molecule has 0 radical (unpaired) electrons. The van der Waals surface area contributed by atoms with Crippen LogP contribution in [0, 0.1) is 6.92 Å². The first kappa shape index (κ1) is 16.0. The Hall–Kier alpha value is -1.41. The van der Waals surface area contributed by atoms with Gasteiger partial charge in [0.25, 0.3) is 0 Å². The van der Waals surface area contributed by atoms with E-state index in [1.807, 2.05) is 6.92 Å². The van der Waals surface area contributed by atoms with Crippen LogP contribution in [0.4, 0.5) is 11.6 Å². The van der Waals surface area contributed by atoms with Crippen molar-refractivity contribution in [3.8, 4) is 0 Å². The number of aromatic nitrogens is 2. The Morgan fingerprint density at radius 1 is 1.33 bits per heavy atom. The Morgan fingerprint density at radius 2 is 2.05 bits per heavy atom. The lowest BCUT2D eigenvalue weighted by atomic mass is 10.2. The number of hydrogen-bond acceptors (Lipinski definition) is 7. The molecule has 1 saturated heterocycles. The predicted molar refractivity (Wildman–Crippen MR) is 83.9 cm³/mol. The van der Waals surface area contributed by atoms with E-state index in [1.54, 1.807) is 0 Å². The van der Waals surface area contributed by atoms with Gasteiger partial charge in [0, 0.05) is 18.5 Å². The first-order valence-electron chi connectivity index (χ1n) is 7.27. The number of hydrogen-bond donors (Lipinski definition) is 3. The van der Waals surface area contributed by atoms with Crippen molar-refractivity contribution in [2.75, 3.05) is 23.0 Å². The van der Waals surface area contributed by atoms with Gasteiger partial charge in [-0.15, -0.1) is 0 Å². The van der Waals surface area contributed by atoms with E-state index >= 15 is 0 Å². The molecule has 21 heavy (non-hydrogen) atoms. The first-order chi connectivity index (χ1) is 9.97. The summed E-state index contributed by atoms with van der Waals surface area (Å²) in [6, 6.07) is 0. The molecule has 1 unspecified atom stereocenters. The SMILES string of the molecule is CCCc1nc(NN)c(C)c(NCC2CCCS2(=O)=O)n1. The molecule has 0 amide bonds. The van der Waals surface area contributed by atoms with E-state index in [4.69, 9.17) is 5.84 Å². The molecule has 7 nitrogen and oxygen atoms in total. The van der Waals surface area contributed by atoms with Crippen LogP contribution in [0.5, 0.6) is 0 Å². The van der Waals surface area contributed by atoms with Crippen LogP contribution in [0.15, 0.2) is 0 Å². The molecule has 1 fully saturated rings. The van der Waals surface area contributed by atoms with Crippen LogP contribution in [0.2, 0.25) is 0 Å². The first-order valence-corrected chi connectivity index (χ1v) is 8.99. The minimum Gasteiger partial charge on any atom is -0.368 e. The monoisotopic (exact) mass is 313 g/mol. The summed E-state index contributed by atoms with van der Waals surface area (Å²) >= 11 is 0. The van der Waals surface area contributed by atoms with E-state index in [1.165, 1.54) is 0 Å². The van der Waals surface area contributed by atoms with Gasteiger partial charge >= 0.3 is 0 Å². The number of nitrogen functional groups attached to an aromatic ring is 1.